The Morgan fingerprint density at radius 1 is 0.647 bits per heavy atom. The second kappa shape index (κ2) is 18.5. The average Bonchev–Trinajstić information content (AvgIpc) is 3.12. The summed E-state index contributed by atoms with van der Waals surface area (Å²) in [6.45, 7) is 4.07. The molecule has 0 aliphatic heterocycles. The van der Waals surface area contributed by atoms with Gasteiger partial charge in [-0.25, -0.2) is 4.39 Å². The molecule has 6 nitrogen and oxygen atoms in total. The fourth-order valence-corrected chi connectivity index (χ4v) is 7.69. The molecule has 0 radical (unpaired) electrons. The van der Waals surface area contributed by atoms with Crippen molar-refractivity contribution in [3.8, 4) is 0 Å². The summed E-state index contributed by atoms with van der Waals surface area (Å²) in [5.41, 5.74) is 7.45. The number of benzene rings is 5. The predicted octanol–water partition coefficient (Wildman–Crippen LogP) is 11.8. The maximum absolute atomic E-state index is 13.7. The average molecular weight is 1020 g/mol. The number of halogens is 4. The van der Waals surface area contributed by atoms with Gasteiger partial charge < -0.3 is 20.9 Å². The van der Waals surface area contributed by atoms with Crippen molar-refractivity contribution in [1.82, 2.24) is 5.32 Å². The molecule has 51 heavy (non-hydrogen) atoms. The number of carbonyl (C=O) groups excluding carboxylic acids is 2. The summed E-state index contributed by atoms with van der Waals surface area (Å²) < 4.78 is 17.1. The van der Waals surface area contributed by atoms with Crippen molar-refractivity contribution in [2.45, 2.75) is 52.0 Å². The van der Waals surface area contributed by atoms with Crippen molar-refractivity contribution in [2.75, 3.05) is 22.6 Å². The standard InChI is InChI=1S/C21H18I2N2O.C20H22FIN2O/c1-14-12-15(22)8-10-19(14)24-20-11-9-16(23)13-18(20)21(26)25(2)17-6-4-3-5-7-17;1-13-11-15(22)8-10-18(13)24-19-9-7-14(21)12-17(19)20(25)23-16-5-3-2-4-6-16/h3-13,24H,1-2H3;7-12,16,24H,2-6H2,1H3,(H,23,25). The Kier molecular flexibility index (Phi) is 14.1. The van der Waals surface area contributed by atoms with Crippen LogP contribution in [-0.4, -0.2) is 24.9 Å². The zero-order valence-electron chi connectivity index (χ0n) is 28.7. The molecule has 6 rings (SSSR count). The van der Waals surface area contributed by atoms with Gasteiger partial charge in [0.05, 0.1) is 22.5 Å². The third-order valence-corrected chi connectivity index (χ3v) is 10.8. The number of aryl methyl sites for hydroxylation is 2. The van der Waals surface area contributed by atoms with Crippen molar-refractivity contribution in [3.05, 3.63) is 142 Å². The maximum Gasteiger partial charge on any atom is 0.260 e. The van der Waals surface area contributed by atoms with E-state index in [9.17, 15) is 14.0 Å². The first-order chi connectivity index (χ1) is 24.5. The Hall–Kier alpha value is -3.24. The summed E-state index contributed by atoms with van der Waals surface area (Å²) in [5.74, 6) is -0.656. The van der Waals surface area contributed by atoms with Crippen LogP contribution in [-0.2, 0) is 0 Å². The van der Waals surface area contributed by atoms with Crippen LogP contribution in [0.3, 0.4) is 0 Å². The van der Waals surface area contributed by atoms with Gasteiger partial charge in [-0.05, 0) is 191 Å². The number of anilines is 5. The molecule has 0 unspecified atom stereocenters. The van der Waals surface area contributed by atoms with Crippen molar-refractivity contribution < 1.29 is 14.0 Å². The van der Waals surface area contributed by atoms with E-state index in [2.05, 4.69) is 109 Å². The van der Waals surface area contributed by atoms with Crippen LogP contribution in [0.2, 0.25) is 0 Å². The van der Waals surface area contributed by atoms with Crippen LogP contribution in [0.25, 0.3) is 0 Å². The molecule has 0 saturated heterocycles. The summed E-state index contributed by atoms with van der Waals surface area (Å²) in [6, 6.07) is 32.3. The zero-order chi connectivity index (χ0) is 36.5. The van der Waals surface area contributed by atoms with Crippen molar-refractivity contribution in [2.24, 2.45) is 0 Å². The lowest BCUT2D eigenvalue weighted by Gasteiger charge is -2.23. The number of nitrogens with one attached hydrogen (secondary N) is 3. The van der Waals surface area contributed by atoms with E-state index in [0.29, 0.717) is 16.8 Å². The normalized spacial score (nSPS) is 12.7. The largest absolute Gasteiger partial charge is 0.355 e. The Morgan fingerprint density at radius 2 is 1.16 bits per heavy atom. The number of hydrogen-bond donors (Lipinski definition) is 3. The van der Waals surface area contributed by atoms with Crippen LogP contribution in [0.1, 0.15) is 63.9 Å². The van der Waals surface area contributed by atoms with Crippen LogP contribution in [0.15, 0.2) is 103 Å². The first kappa shape index (κ1) is 39.0. The number of carbonyl (C=O) groups is 2. The van der Waals surface area contributed by atoms with Crippen LogP contribution < -0.4 is 20.9 Å². The summed E-state index contributed by atoms with van der Waals surface area (Å²) in [5, 5.41) is 9.78. The Bertz CT molecular complexity index is 2000. The van der Waals surface area contributed by atoms with E-state index in [4.69, 9.17) is 0 Å². The van der Waals surface area contributed by atoms with Gasteiger partial charge >= 0.3 is 0 Å². The monoisotopic (exact) mass is 1020 g/mol. The summed E-state index contributed by atoms with van der Waals surface area (Å²) in [4.78, 5) is 27.5. The van der Waals surface area contributed by atoms with Gasteiger partial charge in [-0.15, -0.1) is 0 Å². The lowest BCUT2D eigenvalue weighted by Crippen LogP contribution is -2.36. The summed E-state index contributed by atoms with van der Waals surface area (Å²) in [6.07, 6.45) is 5.51. The van der Waals surface area contributed by atoms with E-state index < -0.39 is 5.82 Å². The minimum absolute atomic E-state index is 0.0413. The van der Waals surface area contributed by atoms with Gasteiger partial charge in [0.15, 0.2) is 0 Å². The molecule has 1 aliphatic rings. The van der Waals surface area contributed by atoms with Gasteiger partial charge in [0.2, 0.25) is 0 Å². The van der Waals surface area contributed by atoms with Crippen molar-refractivity contribution in [3.63, 3.8) is 0 Å². The van der Waals surface area contributed by atoms with Gasteiger partial charge in [0.1, 0.15) is 5.82 Å². The van der Waals surface area contributed by atoms with E-state index in [0.717, 1.165) is 66.7 Å². The number of hydrogen-bond acceptors (Lipinski definition) is 4. The molecule has 0 spiro atoms. The Morgan fingerprint density at radius 3 is 1.73 bits per heavy atom. The fraction of sp³-hybridized carbons (Fsp3) is 0.220. The van der Waals surface area contributed by atoms with E-state index in [1.54, 1.807) is 18.0 Å². The predicted molar refractivity (Wildman–Crippen MR) is 233 cm³/mol. The van der Waals surface area contributed by atoms with Crippen LogP contribution in [0.4, 0.5) is 32.8 Å². The zero-order valence-corrected chi connectivity index (χ0v) is 35.2. The highest BCUT2D eigenvalue weighted by Gasteiger charge is 2.20. The SMILES string of the molecule is Cc1cc(I)ccc1Nc1ccc(F)cc1C(=O)NC1CCCCC1.Cc1cc(I)ccc1Nc1ccc(I)cc1C(=O)N(C)c1ccccc1. The van der Waals surface area contributed by atoms with E-state index >= 15 is 0 Å². The molecule has 5 aromatic rings. The Labute approximate surface area is 340 Å². The topological polar surface area (TPSA) is 73.5 Å². The quantitative estimate of drug-likeness (QED) is 0.135. The number of para-hydroxylation sites is 1. The van der Waals surface area contributed by atoms with E-state index in [-0.39, 0.29) is 17.9 Å². The highest BCUT2D eigenvalue weighted by molar-refractivity contribution is 14.1. The van der Waals surface area contributed by atoms with Crippen LogP contribution in [0, 0.1) is 30.4 Å². The molecule has 3 N–H and O–H groups in total. The minimum Gasteiger partial charge on any atom is -0.355 e. The van der Waals surface area contributed by atoms with Gasteiger partial charge in [0, 0.05) is 40.9 Å². The molecule has 1 fully saturated rings. The molecular weight excluding hydrogens is 980 g/mol. The number of nitrogens with zero attached hydrogens (tertiary/aromatic N) is 1. The maximum atomic E-state index is 13.7. The third kappa shape index (κ3) is 10.9. The molecule has 264 valence electrons. The molecule has 0 bridgehead atoms. The molecule has 0 atom stereocenters. The third-order valence-electron chi connectivity index (χ3n) is 8.74. The first-order valence-electron chi connectivity index (χ1n) is 16.8. The second-order valence-electron chi connectivity index (χ2n) is 12.6. The summed E-state index contributed by atoms with van der Waals surface area (Å²) in [7, 11) is 1.80. The second-order valence-corrected chi connectivity index (χ2v) is 16.3. The van der Waals surface area contributed by atoms with Gasteiger partial charge in [-0.3, -0.25) is 9.59 Å². The first-order valence-corrected chi connectivity index (χ1v) is 20.0. The number of amides is 2. The molecule has 1 aliphatic carbocycles. The highest BCUT2D eigenvalue weighted by atomic mass is 127. The lowest BCUT2D eigenvalue weighted by atomic mass is 9.95. The summed E-state index contributed by atoms with van der Waals surface area (Å²) >= 11 is 6.80. The molecule has 0 aromatic heterocycles. The number of rotatable bonds is 8. The van der Waals surface area contributed by atoms with Crippen molar-refractivity contribution in [1.29, 1.82) is 0 Å². The fourth-order valence-electron chi connectivity index (χ4n) is 5.90. The van der Waals surface area contributed by atoms with Crippen molar-refractivity contribution >= 4 is 108 Å². The van der Waals surface area contributed by atoms with E-state index in [1.165, 1.54) is 22.1 Å². The minimum atomic E-state index is -0.404. The molecule has 10 heteroatoms. The molecule has 1 saturated carbocycles. The lowest BCUT2D eigenvalue weighted by molar-refractivity contribution is 0.0927. The van der Waals surface area contributed by atoms with Gasteiger partial charge in [-0.1, -0.05) is 37.5 Å². The van der Waals surface area contributed by atoms with Crippen LogP contribution >= 0.6 is 67.8 Å². The molecule has 0 heterocycles. The molecular formula is C41H40FI3N4O2. The van der Waals surface area contributed by atoms with Crippen LogP contribution in [0.5, 0.6) is 0 Å². The molecule has 2 amide bonds. The Balaban J connectivity index is 0.000000198. The van der Waals surface area contributed by atoms with Gasteiger partial charge in [-0.2, -0.15) is 0 Å². The highest BCUT2D eigenvalue weighted by Crippen LogP contribution is 2.29. The van der Waals surface area contributed by atoms with E-state index in [1.807, 2.05) is 73.7 Å². The van der Waals surface area contributed by atoms with Gasteiger partial charge in [0.25, 0.3) is 11.8 Å². The smallest absolute Gasteiger partial charge is 0.260 e. The molecule has 5 aromatic carbocycles.